The fourth-order valence-corrected chi connectivity index (χ4v) is 3.93. The van der Waals surface area contributed by atoms with Crippen LogP contribution in [0.25, 0.3) is 0 Å². The van der Waals surface area contributed by atoms with Crippen LogP contribution in [0.4, 0.5) is 0 Å². The molecule has 1 N–H and O–H groups in total. The first-order valence-corrected chi connectivity index (χ1v) is 9.98. The van der Waals surface area contributed by atoms with Crippen molar-refractivity contribution < 1.29 is 22.7 Å². The van der Waals surface area contributed by atoms with E-state index < -0.39 is 16.1 Å². The minimum Gasteiger partial charge on any atom is -0.486 e. The number of amides is 1. The number of likely N-dealkylation sites (N-methyl/N-ethyl adjacent to an activating group) is 1. The number of sulfonamides is 1. The Bertz CT molecular complexity index is 912. The molecule has 1 atom stereocenters. The molecular formula is C19H22N2O5S. The molecule has 8 heteroatoms. The number of para-hydroxylation sites is 2. The molecule has 0 saturated carbocycles. The third kappa shape index (κ3) is 4.58. The summed E-state index contributed by atoms with van der Waals surface area (Å²) in [5, 5.41) is 2.68. The highest BCUT2D eigenvalue weighted by molar-refractivity contribution is 7.89. The van der Waals surface area contributed by atoms with Gasteiger partial charge >= 0.3 is 0 Å². The van der Waals surface area contributed by atoms with Crippen LogP contribution in [0.15, 0.2) is 53.4 Å². The van der Waals surface area contributed by atoms with E-state index in [1.54, 1.807) is 18.2 Å². The molecule has 0 spiro atoms. The lowest BCUT2D eigenvalue weighted by molar-refractivity contribution is -0.119. The van der Waals surface area contributed by atoms with Crippen molar-refractivity contribution in [3.05, 3.63) is 54.1 Å². The molecule has 1 aliphatic rings. The monoisotopic (exact) mass is 390 g/mol. The van der Waals surface area contributed by atoms with Gasteiger partial charge in [0, 0.05) is 20.5 Å². The molecule has 0 fully saturated rings. The topological polar surface area (TPSA) is 84.9 Å². The Morgan fingerprint density at radius 2 is 1.81 bits per heavy atom. The molecule has 1 amide bonds. The van der Waals surface area contributed by atoms with Crippen molar-refractivity contribution in [2.45, 2.75) is 24.5 Å². The maximum atomic E-state index is 12.8. The van der Waals surface area contributed by atoms with Crippen molar-refractivity contribution in [2.24, 2.45) is 0 Å². The second-order valence-corrected chi connectivity index (χ2v) is 8.38. The van der Waals surface area contributed by atoms with Gasteiger partial charge in [0.15, 0.2) is 11.5 Å². The molecule has 0 aliphatic carbocycles. The summed E-state index contributed by atoms with van der Waals surface area (Å²) in [4.78, 5) is 11.2. The van der Waals surface area contributed by atoms with Crippen LogP contribution < -0.4 is 14.8 Å². The van der Waals surface area contributed by atoms with Crippen LogP contribution in [-0.2, 0) is 21.4 Å². The number of nitrogens with one attached hydrogen (secondary N) is 1. The van der Waals surface area contributed by atoms with E-state index in [4.69, 9.17) is 9.47 Å². The van der Waals surface area contributed by atoms with Crippen molar-refractivity contribution in [1.82, 2.24) is 9.62 Å². The van der Waals surface area contributed by atoms with E-state index in [9.17, 15) is 13.2 Å². The molecule has 27 heavy (non-hydrogen) atoms. The number of carbonyl (C=O) groups is 1. The van der Waals surface area contributed by atoms with E-state index in [0.717, 1.165) is 5.56 Å². The second-order valence-electron chi connectivity index (χ2n) is 6.34. The first kappa shape index (κ1) is 19.2. The number of hydrogen-bond donors (Lipinski definition) is 1. The molecule has 2 aromatic carbocycles. The van der Waals surface area contributed by atoms with Gasteiger partial charge in [-0.1, -0.05) is 24.3 Å². The second kappa shape index (κ2) is 7.98. The van der Waals surface area contributed by atoms with E-state index in [-0.39, 0.29) is 24.0 Å². The van der Waals surface area contributed by atoms with E-state index in [2.05, 4.69) is 5.32 Å². The minimum absolute atomic E-state index is 0.136. The number of ether oxygens (including phenoxy) is 2. The fraction of sp³-hybridized carbons (Fsp3) is 0.316. The van der Waals surface area contributed by atoms with E-state index >= 15 is 0 Å². The molecule has 2 aromatic rings. The smallest absolute Gasteiger partial charge is 0.242 e. The SMILES string of the molecule is CC(=O)NCc1ccc(S(=O)(=O)N(C)C[C@H]2COc3ccccc3O2)cc1. The zero-order valence-corrected chi connectivity index (χ0v) is 16.0. The maximum absolute atomic E-state index is 12.8. The van der Waals surface area contributed by atoms with Crippen LogP contribution in [0.1, 0.15) is 12.5 Å². The summed E-state index contributed by atoms with van der Waals surface area (Å²) in [5.41, 5.74) is 0.826. The summed E-state index contributed by atoms with van der Waals surface area (Å²) in [6.45, 7) is 2.25. The van der Waals surface area contributed by atoms with Gasteiger partial charge in [0.1, 0.15) is 12.7 Å². The Balaban J connectivity index is 1.65. The summed E-state index contributed by atoms with van der Waals surface area (Å²) in [6, 6.07) is 13.8. The molecule has 3 rings (SSSR count). The average molecular weight is 390 g/mol. The predicted molar refractivity (Wildman–Crippen MR) is 100 cm³/mol. The zero-order chi connectivity index (χ0) is 19.4. The van der Waals surface area contributed by atoms with Gasteiger partial charge in [-0.15, -0.1) is 0 Å². The molecule has 0 saturated heterocycles. The van der Waals surface area contributed by atoms with Gasteiger partial charge in [-0.3, -0.25) is 4.79 Å². The fourth-order valence-electron chi connectivity index (χ4n) is 2.72. The Hall–Kier alpha value is -2.58. The average Bonchev–Trinajstić information content (AvgIpc) is 2.66. The lowest BCUT2D eigenvalue weighted by Crippen LogP contribution is -2.41. The minimum atomic E-state index is -3.65. The highest BCUT2D eigenvalue weighted by Crippen LogP contribution is 2.31. The highest BCUT2D eigenvalue weighted by Gasteiger charge is 2.28. The van der Waals surface area contributed by atoms with E-state index in [1.165, 1.54) is 30.4 Å². The van der Waals surface area contributed by atoms with Gasteiger partial charge in [-0.2, -0.15) is 4.31 Å². The van der Waals surface area contributed by atoms with E-state index in [1.807, 2.05) is 18.2 Å². The maximum Gasteiger partial charge on any atom is 0.242 e. The predicted octanol–water partition coefficient (Wildman–Crippen LogP) is 1.78. The number of carbonyl (C=O) groups excluding carboxylic acids is 1. The lowest BCUT2D eigenvalue weighted by Gasteiger charge is -2.29. The number of hydrogen-bond acceptors (Lipinski definition) is 5. The van der Waals surface area contributed by atoms with Crippen LogP contribution in [0.5, 0.6) is 11.5 Å². The summed E-state index contributed by atoms with van der Waals surface area (Å²) in [6.07, 6.45) is -0.390. The van der Waals surface area contributed by atoms with Crippen molar-refractivity contribution in [1.29, 1.82) is 0 Å². The third-order valence-corrected chi connectivity index (χ3v) is 6.04. The molecule has 0 unspecified atom stereocenters. The van der Waals surface area contributed by atoms with Crippen LogP contribution in [0.3, 0.4) is 0 Å². The van der Waals surface area contributed by atoms with Crippen molar-refractivity contribution >= 4 is 15.9 Å². The lowest BCUT2D eigenvalue weighted by atomic mass is 10.2. The van der Waals surface area contributed by atoms with Crippen LogP contribution >= 0.6 is 0 Å². The third-order valence-electron chi connectivity index (χ3n) is 4.20. The molecular weight excluding hydrogens is 368 g/mol. The molecule has 144 valence electrons. The van der Waals surface area contributed by atoms with Crippen molar-refractivity contribution in [3.8, 4) is 11.5 Å². The Morgan fingerprint density at radius 3 is 2.48 bits per heavy atom. The quantitative estimate of drug-likeness (QED) is 0.813. The van der Waals surface area contributed by atoms with Gasteiger partial charge in [0.05, 0.1) is 11.4 Å². The highest BCUT2D eigenvalue weighted by atomic mass is 32.2. The number of nitrogens with zero attached hydrogens (tertiary/aromatic N) is 1. The molecule has 0 radical (unpaired) electrons. The van der Waals surface area contributed by atoms with Gasteiger partial charge < -0.3 is 14.8 Å². The molecule has 1 heterocycles. The Labute approximate surface area is 158 Å². The van der Waals surface area contributed by atoms with Gasteiger partial charge in [-0.25, -0.2) is 8.42 Å². The number of rotatable bonds is 6. The Kier molecular flexibility index (Phi) is 5.67. The van der Waals surface area contributed by atoms with Gasteiger partial charge in [0.2, 0.25) is 15.9 Å². The van der Waals surface area contributed by atoms with Gasteiger partial charge in [0.25, 0.3) is 0 Å². The largest absolute Gasteiger partial charge is 0.486 e. The Morgan fingerprint density at radius 1 is 1.15 bits per heavy atom. The van der Waals surface area contributed by atoms with Gasteiger partial charge in [-0.05, 0) is 29.8 Å². The van der Waals surface area contributed by atoms with Crippen LogP contribution in [0.2, 0.25) is 0 Å². The normalized spacial score (nSPS) is 16.2. The molecule has 1 aliphatic heterocycles. The van der Waals surface area contributed by atoms with Crippen molar-refractivity contribution in [3.63, 3.8) is 0 Å². The van der Waals surface area contributed by atoms with Crippen molar-refractivity contribution in [2.75, 3.05) is 20.2 Å². The first-order valence-electron chi connectivity index (χ1n) is 8.54. The zero-order valence-electron chi connectivity index (χ0n) is 15.2. The van der Waals surface area contributed by atoms with E-state index in [0.29, 0.717) is 18.0 Å². The molecule has 7 nitrogen and oxygen atoms in total. The summed E-state index contributed by atoms with van der Waals surface area (Å²) in [7, 11) is -2.14. The molecule has 0 bridgehead atoms. The number of benzene rings is 2. The summed E-state index contributed by atoms with van der Waals surface area (Å²) in [5.74, 6) is 1.14. The first-order chi connectivity index (χ1) is 12.9. The number of fused-ring (bicyclic) bond motifs is 1. The summed E-state index contributed by atoms with van der Waals surface area (Å²) >= 11 is 0. The summed E-state index contributed by atoms with van der Waals surface area (Å²) < 4.78 is 38.3. The van der Waals surface area contributed by atoms with Crippen LogP contribution in [-0.4, -0.2) is 44.9 Å². The molecule has 0 aromatic heterocycles. The van der Waals surface area contributed by atoms with Crippen LogP contribution in [0, 0.1) is 0 Å². The standard InChI is InChI=1S/C19H22N2O5S/c1-14(22)20-11-15-7-9-17(10-8-15)27(23,24)21(2)12-16-13-25-18-5-3-4-6-19(18)26-16/h3-10,16H,11-13H2,1-2H3,(H,20,22)/t16-/m0/s1.